The molecule has 0 unspecified atom stereocenters. The Balaban J connectivity index is 2.52. The Labute approximate surface area is 135 Å². The third kappa shape index (κ3) is 6.29. The highest BCUT2D eigenvalue weighted by Gasteiger charge is 2.12. The largest absolute Gasteiger partial charge is 0.342 e. The lowest BCUT2D eigenvalue weighted by molar-refractivity contribution is -0.129. The van der Waals surface area contributed by atoms with Gasteiger partial charge in [-0.3, -0.25) is 9.59 Å². The van der Waals surface area contributed by atoms with Crippen LogP contribution in [-0.2, 0) is 9.59 Å². The minimum absolute atomic E-state index is 0.0102. The zero-order chi connectivity index (χ0) is 16.0. The summed E-state index contributed by atoms with van der Waals surface area (Å²) in [5.41, 5.74) is 1.84. The van der Waals surface area contributed by atoms with E-state index >= 15 is 0 Å². The first kappa shape index (κ1) is 17.7. The van der Waals surface area contributed by atoms with Crippen LogP contribution in [0.25, 0.3) is 0 Å². The van der Waals surface area contributed by atoms with Crippen LogP contribution in [0, 0.1) is 12.8 Å². The summed E-state index contributed by atoms with van der Waals surface area (Å²) in [5.74, 6) is 0.328. The maximum Gasteiger partial charge on any atom is 0.226 e. The smallest absolute Gasteiger partial charge is 0.226 e. The molecule has 0 aliphatic rings. The molecule has 0 spiro atoms. The summed E-state index contributed by atoms with van der Waals surface area (Å²) < 4.78 is 1.01. The molecule has 5 heteroatoms. The summed E-state index contributed by atoms with van der Waals surface area (Å²) in [5, 5.41) is 2.86. The molecule has 1 aromatic carbocycles. The van der Waals surface area contributed by atoms with Crippen molar-refractivity contribution in [1.29, 1.82) is 0 Å². The van der Waals surface area contributed by atoms with Gasteiger partial charge in [0.2, 0.25) is 11.8 Å². The van der Waals surface area contributed by atoms with Crippen LogP contribution in [0.4, 0.5) is 5.69 Å². The number of hydrogen-bond acceptors (Lipinski definition) is 2. The van der Waals surface area contributed by atoms with Crippen LogP contribution in [0.2, 0.25) is 0 Å². The molecule has 0 aliphatic carbocycles. The summed E-state index contributed by atoms with van der Waals surface area (Å²) in [6, 6.07) is 5.68. The average Bonchev–Trinajstić information content (AvgIpc) is 2.38. The van der Waals surface area contributed by atoms with E-state index in [0.717, 1.165) is 15.7 Å². The molecule has 0 radical (unpaired) electrons. The number of halogens is 1. The molecule has 1 aromatic rings. The zero-order valence-electron chi connectivity index (χ0n) is 13.1. The molecule has 0 bridgehead atoms. The number of anilines is 1. The SMILES string of the molecule is CC(=O)N(CCC(=O)Nc1ccc(Br)c(C)c1)CC(C)C. The van der Waals surface area contributed by atoms with Crippen LogP contribution in [0.15, 0.2) is 22.7 Å². The first-order chi connectivity index (χ1) is 9.79. The van der Waals surface area contributed by atoms with Gasteiger partial charge in [-0.25, -0.2) is 0 Å². The highest BCUT2D eigenvalue weighted by molar-refractivity contribution is 9.10. The predicted molar refractivity (Wildman–Crippen MR) is 89.2 cm³/mol. The van der Waals surface area contributed by atoms with Crippen molar-refractivity contribution in [2.24, 2.45) is 5.92 Å². The molecule has 4 nitrogen and oxygen atoms in total. The van der Waals surface area contributed by atoms with Gasteiger partial charge in [0.25, 0.3) is 0 Å². The fourth-order valence-corrected chi connectivity index (χ4v) is 2.25. The highest BCUT2D eigenvalue weighted by atomic mass is 79.9. The molecule has 116 valence electrons. The number of benzene rings is 1. The van der Waals surface area contributed by atoms with Crippen molar-refractivity contribution in [3.05, 3.63) is 28.2 Å². The van der Waals surface area contributed by atoms with E-state index in [0.29, 0.717) is 25.4 Å². The van der Waals surface area contributed by atoms with Crippen LogP contribution in [0.1, 0.15) is 32.8 Å². The number of carbonyl (C=O) groups is 2. The summed E-state index contributed by atoms with van der Waals surface area (Å²) in [6.45, 7) is 8.76. The lowest BCUT2D eigenvalue weighted by atomic mass is 10.2. The molecule has 21 heavy (non-hydrogen) atoms. The molecule has 0 fully saturated rings. The van der Waals surface area contributed by atoms with Gasteiger partial charge in [0.1, 0.15) is 0 Å². The molecule has 0 heterocycles. The third-order valence-corrected chi connectivity index (χ3v) is 3.97. The molecule has 2 amide bonds. The van der Waals surface area contributed by atoms with Crippen LogP contribution in [-0.4, -0.2) is 29.8 Å². The van der Waals surface area contributed by atoms with Crippen molar-refractivity contribution in [3.63, 3.8) is 0 Å². The van der Waals surface area contributed by atoms with E-state index in [9.17, 15) is 9.59 Å². The Kier molecular flexibility index (Phi) is 6.89. The molecule has 1 rings (SSSR count). The van der Waals surface area contributed by atoms with E-state index < -0.39 is 0 Å². The predicted octanol–water partition coefficient (Wildman–Crippen LogP) is 3.59. The van der Waals surface area contributed by atoms with Gasteiger partial charge in [0, 0.05) is 36.6 Å². The Morgan fingerprint density at radius 1 is 1.33 bits per heavy atom. The maximum absolute atomic E-state index is 12.0. The Morgan fingerprint density at radius 2 is 2.00 bits per heavy atom. The zero-order valence-corrected chi connectivity index (χ0v) is 14.7. The minimum Gasteiger partial charge on any atom is -0.342 e. The van der Waals surface area contributed by atoms with Crippen molar-refractivity contribution < 1.29 is 9.59 Å². The van der Waals surface area contributed by atoms with Gasteiger partial charge >= 0.3 is 0 Å². The number of amides is 2. The minimum atomic E-state index is -0.0771. The van der Waals surface area contributed by atoms with E-state index in [-0.39, 0.29) is 11.8 Å². The van der Waals surface area contributed by atoms with E-state index in [1.807, 2.05) is 25.1 Å². The molecule has 1 N–H and O–H groups in total. The summed E-state index contributed by atoms with van der Waals surface area (Å²) in [4.78, 5) is 25.2. The number of rotatable bonds is 6. The fourth-order valence-electron chi connectivity index (χ4n) is 2.00. The van der Waals surface area contributed by atoms with Crippen molar-refractivity contribution in [2.45, 2.75) is 34.1 Å². The van der Waals surface area contributed by atoms with E-state index in [1.165, 1.54) is 0 Å². The van der Waals surface area contributed by atoms with Gasteiger partial charge < -0.3 is 10.2 Å². The van der Waals surface area contributed by atoms with Crippen LogP contribution < -0.4 is 5.32 Å². The van der Waals surface area contributed by atoms with Gasteiger partial charge in [0.05, 0.1) is 0 Å². The van der Waals surface area contributed by atoms with Crippen molar-refractivity contribution in [1.82, 2.24) is 4.90 Å². The normalized spacial score (nSPS) is 10.6. The van der Waals surface area contributed by atoms with Gasteiger partial charge in [-0.2, -0.15) is 0 Å². The second-order valence-electron chi connectivity index (χ2n) is 5.62. The first-order valence-electron chi connectivity index (χ1n) is 7.11. The molecule has 0 aliphatic heterocycles. The number of carbonyl (C=O) groups excluding carboxylic acids is 2. The van der Waals surface area contributed by atoms with Crippen molar-refractivity contribution in [2.75, 3.05) is 18.4 Å². The monoisotopic (exact) mass is 354 g/mol. The lowest BCUT2D eigenvalue weighted by Gasteiger charge is -2.22. The highest BCUT2D eigenvalue weighted by Crippen LogP contribution is 2.20. The molecule has 0 aromatic heterocycles. The van der Waals surface area contributed by atoms with Gasteiger partial charge in [0.15, 0.2) is 0 Å². The standard InChI is InChI=1S/C16H23BrN2O2/c1-11(2)10-19(13(4)20)8-7-16(21)18-14-5-6-15(17)12(3)9-14/h5-6,9,11H,7-8,10H2,1-4H3,(H,18,21). The van der Waals surface area contributed by atoms with Crippen molar-refractivity contribution in [3.8, 4) is 0 Å². The molecule has 0 atom stereocenters. The third-order valence-electron chi connectivity index (χ3n) is 3.08. The van der Waals surface area contributed by atoms with E-state index in [4.69, 9.17) is 0 Å². The quantitative estimate of drug-likeness (QED) is 0.848. The van der Waals surface area contributed by atoms with Gasteiger partial charge in [-0.05, 0) is 36.6 Å². The first-order valence-corrected chi connectivity index (χ1v) is 7.90. The second-order valence-corrected chi connectivity index (χ2v) is 6.48. The Bertz CT molecular complexity index is 515. The molecule has 0 saturated heterocycles. The van der Waals surface area contributed by atoms with Gasteiger partial charge in [-0.1, -0.05) is 29.8 Å². The van der Waals surface area contributed by atoms with Gasteiger partial charge in [-0.15, -0.1) is 0 Å². The molecular formula is C16H23BrN2O2. The molecule has 0 saturated carbocycles. The lowest BCUT2D eigenvalue weighted by Crippen LogP contribution is -2.34. The fraction of sp³-hybridized carbons (Fsp3) is 0.500. The maximum atomic E-state index is 12.0. The number of hydrogen-bond donors (Lipinski definition) is 1. The Morgan fingerprint density at radius 3 is 2.52 bits per heavy atom. The Hall–Kier alpha value is -1.36. The summed E-state index contributed by atoms with van der Waals surface area (Å²) in [6.07, 6.45) is 0.307. The second kappa shape index (κ2) is 8.17. The number of aryl methyl sites for hydroxylation is 1. The van der Waals surface area contributed by atoms with Crippen LogP contribution >= 0.6 is 15.9 Å². The van der Waals surface area contributed by atoms with Crippen LogP contribution in [0.3, 0.4) is 0 Å². The van der Waals surface area contributed by atoms with Crippen LogP contribution in [0.5, 0.6) is 0 Å². The van der Waals surface area contributed by atoms with E-state index in [2.05, 4.69) is 35.1 Å². The van der Waals surface area contributed by atoms with Crippen molar-refractivity contribution >= 4 is 33.4 Å². The van der Waals surface area contributed by atoms with E-state index in [1.54, 1.807) is 11.8 Å². The summed E-state index contributed by atoms with van der Waals surface area (Å²) in [7, 11) is 0. The number of nitrogens with zero attached hydrogens (tertiary/aromatic N) is 1. The topological polar surface area (TPSA) is 49.4 Å². The summed E-state index contributed by atoms with van der Waals surface area (Å²) >= 11 is 3.43. The number of nitrogens with one attached hydrogen (secondary N) is 1. The molecular weight excluding hydrogens is 332 g/mol. The average molecular weight is 355 g/mol.